The first-order valence-corrected chi connectivity index (χ1v) is 6.88. The van der Waals surface area contributed by atoms with Crippen LogP contribution in [0.3, 0.4) is 0 Å². The fourth-order valence-electron chi connectivity index (χ4n) is 2.11. The molecule has 0 aliphatic rings. The topological polar surface area (TPSA) is 120 Å². The third kappa shape index (κ3) is 2.84. The Hall–Kier alpha value is -3.55. The molecule has 122 valence electrons. The van der Waals surface area contributed by atoms with E-state index >= 15 is 0 Å². The molecule has 0 saturated carbocycles. The fraction of sp³-hybridized carbons (Fsp3) is 0.0625. The summed E-state index contributed by atoms with van der Waals surface area (Å²) >= 11 is 0. The molecule has 0 bridgehead atoms. The first kappa shape index (κ1) is 15.3. The van der Waals surface area contributed by atoms with Gasteiger partial charge in [0, 0.05) is 5.39 Å². The number of nitrogens with one attached hydrogen (secondary N) is 1. The van der Waals surface area contributed by atoms with Gasteiger partial charge in [-0.3, -0.25) is 9.59 Å². The smallest absolute Gasteiger partial charge is 0.307 e. The minimum absolute atomic E-state index is 0.0236. The number of fused-ring (bicyclic) bond motifs is 1. The average Bonchev–Trinajstić information content (AvgIpc) is 3.12. The molecule has 0 spiro atoms. The Bertz CT molecular complexity index is 973. The minimum Gasteiger partial charge on any atom is -0.493 e. The van der Waals surface area contributed by atoms with Crippen molar-refractivity contribution in [2.45, 2.75) is 0 Å². The van der Waals surface area contributed by atoms with Gasteiger partial charge in [0.15, 0.2) is 17.1 Å². The summed E-state index contributed by atoms with van der Waals surface area (Å²) in [6.45, 7) is 0. The summed E-state index contributed by atoms with van der Waals surface area (Å²) in [6.07, 6.45) is 1.36. The van der Waals surface area contributed by atoms with E-state index in [1.54, 1.807) is 24.3 Å². The molecule has 3 aromatic rings. The molecule has 2 amide bonds. The Labute approximate surface area is 135 Å². The molecular weight excluding hydrogens is 314 g/mol. The Morgan fingerprint density at radius 2 is 2.08 bits per heavy atom. The SMILES string of the molecule is COc1cccc2cc(C(N)=O)/c(=N/NC(=O)c3ccco3)oc12. The van der Waals surface area contributed by atoms with Crippen molar-refractivity contribution in [3.05, 3.63) is 59.5 Å². The van der Waals surface area contributed by atoms with E-state index in [9.17, 15) is 9.59 Å². The van der Waals surface area contributed by atoms with Crippen molar-refractivity contribution < 1.29 is 23.2 Å². The van der Waals surface area contributed by atoms with E-state index in [0.29, 0.717) is 16.7 Å². The molecule has 24 heavy (non-hydrogen) atoms. The van der Waals surface area contributed by atoms with Crippen molar-refractivity contribution in [2.75, 3.05) is 7.11 Å². The fourth-order valence-corrected chi connectivity index (χ4v) is 2.11. The largest absolute Gasteiger partial charge is 0.493 e. The molecule has 8 nitrogen and oxygen atoms in total. The van der Waals surface area contributed by atoms with E-state index in [0.717, 1.165) is 0 Å². The van der Waals surface area contributed by atoms with Gasteiger partial charge >= 0.3 is 5.91 Å². The van der Waals surface area contributed by atoms with Crippen LogP contribution in [0.2, 0.25) is 0 Å². The number of carbonyl (C=O) groups is 2. The third-order valence-electron chi connectivity index (χ3n) is 3.23. The van der Waals surface area contributed by atoms with Crippen LogP contribution in [0.5, 0.6) is 5.75 Å². The lowest BCUT2D eigenvalue weighted by atomic mass is 10.1. The van der Waals surface area contributed by atoms with Gasteiger partial charge in [-0.25, -0.2) is 5.43 Å². The van der Waals surface area contributed by atoms with E-state index in [2.05, 4.69) is 10.5 Å². The Morgan fingerprint density at radius 1 is 1.25 bits per heavy atom. The highest BCUT2D eigenvalue weighted by atomic mass is 16.5. The predicted octanol–water partition coefficient (Wildman–Crippen LogP) is 1.38. The van der Waals surface area contributed by atoms with Gasteiger partial charge in [-0.15, -0.1) is 5.10 Å². The van der Waals surface area contributed by atoms with Crippen LogP contribution in [0, 0.1) is 0 Å². The monoisotopic (exact) mass is 327 g/mol. The maximum absolute atomic E-state index is 11.9. The highest BCUT2D eigenvalue weighted by Crippen LogP contribution is 2.24. The zero-order chi connectivity index (χ0) is 17.1. The summed E-state index contributed by atoms with van der Waals surface area (Å²) in [5.41, 5.74) is 7.86. The number of carbonyl (C=O) groups excluding carboxylic acids is 2. The van der Waals surface area contributed by atoms with E-state index in [4.69, 9.17) is 19.3 Å². The second kappa shape index (κ2) is 6.29. The third-order valence-corrected chi connectivity index (χ3v) is 3.23. The van der Waals surface area contributed by atoms with Crippen molar-refractivity contribution in [3.63, 3.8) is 0 Å². The average molecular weight is 327 g/mol. The van der Waals surface area contributed by atoms with Gasteiger partial charge in [0.2, 0.25) is 5.55 Å². The zero-order valence-electron chi connectivity index (χ0n) is 12.6. The zero-order valence-corrected chi connectivity index (χ0v) is 12.6. The maximum Gasteiger partial charge on any atom is 0.307 e. The van der Waals surface area contributed by atoms with Crippen molar-refractivity contribution >= 4 is 22.8 Å². The molecule has 2 aromatic heterocycles. The molecule has 0 fully saturated rings. The molecular formula is C16H13N3O5. The lowest BCUT2D eigenvalue weighted by Gasteiger charge is -2.06. The van der Waals surface area contributed by atoms with Gasteiger partial charge in [-0.05, 0) is 24.3 Å². The Kier molecular flexibility index (Phi) is 4.02. The van der Waals surface area contributed by atoms with Crippen LogP contribution < -0.4 is 21.5 Å². The highest BCUT2D eigenvalue weighted by molar-refractivity contribution is 5.96. The molecule has 8 heteroatoms. The van der Waals surface area contributed by atoms with Crippen LogP contribution >= 0.6 is 0 Å². The van der Waals surface area contributed by atoms with Crippen LogP contribution in [0.25, 0.3) is 11.0 Å². The predicted molar refractivity (Wildman–Crippen MR) is 83.0 cm³/mol. The molecule has 3 rings (SSSR count). The van der Waals surface area contributed by atoms with Crippen molar-refractivity contribution in [1.29, 1.82) is 0 Å². The highest BCUT2D eigenvalue weighted by Gasteiger charge is 2.13. The lowest BCUT2D eigenvalue weighted by molar-refractivity contribution is 0.0920. The van der Waals surface area contributed by atoms with Gasteiger partial charge in [0.05, 0.1) is 13.4 Å². The number of furan rings is 1. The number of methoxy groups -OCH3 is 1. The molecule has 3 N–H and O–H groups in total. The van der Waals surface area contributed by atoms with Crippen LogP contribution in [-0.2, 0) is 0 Å². The molecule has 0 atom stereocenters. The molecule has 0 unspecified atom stereocenters. The van der Waals surface area contributed by atoms with Gasteiger partial charge in [0.1, 0.15) is 5.56 Å². The number of nitrogens with two attached hydrogens (primary N) is 1. The molecule has 0 aliphatic heterocycles. The summed E-state index contributed by atoms with van der Waals surface area (Å²) in [6, 6.07) is 9.73. The van der Waals surface area contributed by atoms with Gasteiger partial charge < -0.3 is 19.3 Å². The van der Waals surface area contributed by atoms with Gasteiger partial charge in [0.25, 0.3) is 5.91 Å². The Balaban J connectivity index is 2.10. The number of benzene rings is 1. The van der Waals surface area contributed by atoms with Gasteiger partial charge in [-0.1, -0.05) is 12.1 Å². The number of para-hydroxylation sites is 1. The van der Waals surface area contributed by atoms with E-state index in [1.165, 1.54) is 25.5 Å². The van der Waals surface area contributed by atoms with Gasteiger partial charge in [-0.2, -0.15) is 0 Å². The molecule has 0 aliphatic carbocycles. The maximum atomic E-state index is 11.9. The minimum atomic E-state index is -0.741. The quantitative estimate of drug-likeness (QED) is 0.701. The number of hydrogen-bond donors (Lipinski definition) is 2. The molecule has 1 aromatic carbocycles. The lowest BCUT2D eigenvalue weighted by Crippen LogP contribution is -2.26. The molecule has 2 heterocycles. The van der Waals surface area contributed by atoms with E-state index < -0.39 is 11.8 Å². The summed E-state index contributed by atoms with van der Waals surface area (Å²) in [5.74, 6) is -0.810. The normalized spacial score (nSPS) is 11.5. The summed E-state index contributed by atoms with van der Waals surface area (Å²) in [7, 11) is 1.49. The molecule has 0 saturated heterocycles. The second-order valence-electron chi connectivity index (χ2n) is 4.74. The summed E-state index contributed by atoms with van der Waals surface area (Å²) in [4.78, 5) is 23.5. The number of primary amides is 1. The van der Waals surface area contributed by atoms with Crippen molar-refractivity contribution in [2.24, 2.45) is 10.8 Å². The number of hydrogen-bond acceptors (Lipinski definition) is 6. The first-order chi connectivity index (χ1) is 11.6. The second-order valence-corrected chi connectivity index (χ2v) is 4.74. The van der Waals surface area contributed by atoms with E-state index in [-0.39, 0.29) is 16.9 Å². The number of ether oxygens (including phenoxy) is 1. The van der Waals surface area contributed by atoms with Crippen molar-refractivity contribution in [1.82, 2.24) is 5.43 Å². The number of nitrogens with zero attached hydrogens (tertiary/aromatic N) is 1. The van der Waals surface area contributed by atoms with E-state index in [1.807, 2.05) is 0 Å². The van der Waals surface area contributed by atoms with Crippen LogP contribution in [0.1, 0.15) is 20.9 Å². The van der Waals surface area contributed by atoms with Crippen LogP contribution in [0.15, 0.2) is 56.6 Å². The Morgan fingerprint density at radius 3 is 2.75 bits per heavy atom. The number of rotatable bonds is 4. The van der Waals surface area contributed by atoms with Crippen molar-refractivity contribution in [3.8, 4) is 5.75 Å². The summed E-state index contributed by atoms with van der Waals surface area (Å²) in [5, 5.41) is 4.44. The standard InChI is InChI=1S/C16H13N3O5/c1-22-11-5-2-4-9-8-10(14(17)20)16(24-13(9)11)19-18-15(21)12-6-3-7-23-12/h2-8H,1H3,(H2,17,20)(H,18,21)/b19-16-. The first-order valence-electron chi connectivity index (χ1n) is 6.88. The molecule has 0 radical (unpaired) electrons. The van der Waals surface area contributed by atoms with Crippen LogP contribution in [-0.4, -0.2) is 18.9 Å². The summed E-state index contributed by atoms with van der Waals surface area (Å²) < 4.78 is 15.8. The van der Waals surface area contributed by atoms with Crippen LogP contribution in [0.4, 0.5) is 0 Å². The number of amides is 2.